The van der Waals surface area contributed by atoms with E-state index in [9.17, 15) is 14.9 Å². The number of anilines is 2. The van der Waals surface area contributed by atoms with Gasteiger partial charge in [0, 0.05) is 36.5 Å². The Kier molecular flexibility index (Phi) is 8.54. The van der Waals surface area contributed by atoms with Crippen LogP contribution < -0.4 is 15.4 Å². The second-order valence-electron chi connectivity index (χ2n) is 7.29. The van der Waals surface area contributed by atoms with Gasteiger partial charge in [0.2, 0.25) is 0 Å². The summed E-state index contributed by atoms with van der Waals surface area (Å²) in [5, 5.41) is 26.0. The largest absolute Gasteiger partial charge is 0.489 e. The molecule has 9 nitrogen and oxygen atoms in total. The van der Waals surface area contributed by atoms with Crippen molar-refractivity contribution in [3.63, 3.8) is 0 Å². The van der Waals surface area contributed by atoms with Crippen molar-refractivity contribution in [1.82, 2.24) is 0 Å². The molecular formula is C25H24N4O5. The summed E-state index contributed by atoms with van der Waals surface area (Å²) >= 11 is 0. The molecule has 174 valence electrons. The smallest absolute Gasteiger partial charge is 0.293 e. The van der Waals surface area contributed by atoms with Crippen molar-refractivity contribution in [3.8, 4) is 11.8 Å². The van der Waals surface area contributed by atoms with Gasteiger partial charge in [0.1, 0.15) is 18.0 Å². The number of nitro benzene ring substituents is 1. The van der Waals surface area contributed by atoms with Crippen LogP contribution in [-0.2, 0) is 17.8 Å². The van der Waals surface area contributed by atoms with E-state index in [0.717, 1.165) is 11.1 Å². The number of nitro groups is 1. The van der Waals surface area contributed by atoms with Gasteiger partial charge >= 0.3 is 0 Å². The number of para-hydroxylation sites is 1. The number of carbonyl (C=O) groups excluding carboxylic acids is 1. The minimum atomic E-state index is -0.532. The number of rotatable bonds is 11. The first-order valence-electron chi connectivity index (χ1n) is 10.5. The van der Waals surface area contributed by atoms with Crippen LogP contribution in [0.2, 0.25) is 0 Å². The Morgan fingerprint density at radius 2 is 1.85 bits per heavy atom. The molecule has 0 radical (unpaired) electrons. The number of hydrogen-bond donors (Lipinski definition) is 2. The monoisotopic (exact) mass is 460 g/mol. The molecule has 1 amide bonds. The van der Waals surface area contributed by atoms with Crippen molar-refractivity contribution < 1.29 is 19.2 Å². The summed E-state index contributed by atoms with van der Waals surface area (Å²) in [6, 6.07) is 20.8. The third-order valence-corrected chi connectivity index (χ3v) is 4.94. The molecule has 0 aliphatic carbocycles. The van der Waals surface area contributed by atoms with Crippen LogP contribution >= 0.6 is 0 Å². The quantitative estimate of drug-likeness (QED) is 0.244. The zero-order valence-corrected chi connectivity index (χ0v) is 18.6. The zero-order valence-electron chi connectivity index (χ0n) is 18.6. The zero-order chi connectivity index (χ0) is 24.3. The molecule has 3 aromatic rings. The molecule has 0 aliphatic rings. The standard InChI is InChI=1S/C25H24N4O5/c1-33-15-14-27-23-11-8-19(16-24(23)29(31)32)25(30)28-22-5-3-2-4-20(22)17-34-21-9-6-18(7-10-21)12-13-26/h2-11,16,27H,12,14-15,17H2,1H3,(H,28,30). The Morgan fingerprint density at radius 1 is 1.09 bits per heavy atom. The number of ether oxygens (including phenoxy) is 2. The lowest BCUT2D eigenvalue weighted by atomic mass is 10.1. The summed E-state index contributed by atoms with van der Waals surface area (Å²) in [7, 11) is 1.54. The molecule has 0 bridgehead atoms. The lowest BCUT2D eigenvalue weighted by molar-refractivity contribution is -0.384. The highest BCUT2D eigenvalue weighted by molar-refractivity contribution is 6.05. The number of methoxy groups -OCH3 is 1. The molecule has 0 aliphatic heterocycles. The summed E-state index contributed by atoms with van der Waals surface area (Å²) < 4.78 is 10.8. The van der Waals surface area contributed by atoms with E-state index < -0.39 is 10.8 Å². The lowest BCUT2D eigenvalue weighted by Crippen LogP contribution is -2.15. The van der Waals surface area contributed by atoms with E-state index in [1.165, 1.54) is 18.2 Å². The molecule has 0 heterocycles. The van der Waals surface area contributed by atoms with Gasteiger partial charge in [-0.2, -0.15) is 5.26 Å². The fourth-order valence-corrected chi connectivity index (χ4v) is 3.18. The third-order valence-electron chi connectivity index (χ3n) is 4.94. The summed E-state index contributed by atoms with van der Waals surface area (Å²) in [6.45, 7) is 0.996. The predicted molar refractivity (Wildman–Crippen MR) is 128 cm³/mol. The molecule has 0 aromatic heterocycles. The molecule has 0 atom stereocenters. The molecule has 0 unspecified atom stereocenters. The maximum Gasteiger partial charge on any atom is 0.293 e. The van der Waals surface area contributed by atoms with Gasteiger partial charge in [-0.1, -0.05) is 30.3 Å². The second kappa shape index (κ2) is 12.0. The number of nitrogens with zero attached hydrogens (tertiary/aromatic N) is 2. The maximum atomic E-state index is 12.8. The highest BCUT2D eigenvalue weighted by Gasteiger charge is 2.18. The number of nitrogens with one attached hydrogen (secondary N) is 2. The lowest BCUT2D eigenvalue weighted by Gasteiger charge is -2.13. The normalized spacial score (nSPS) is 10.2. The van der Waals surface area contributed by atoms with Gasteiger partial charge in [0.25, 0.3) is 11.6 Å². The molecule has 3 aromatic carbocycles. The molecule has 2 N–H and O–H groups in total. The van der Waals surface area contributed by atoms with Crippen LogP contribution in [0.1, 0.15) is 21.5 Å². The van der Waals surface area contributed by atoms with Crippen LogP contribution in [0, 0.1) is 21.4 Å². The number of nitriles is 1. The molecule has 0 saturated heterocycles. The van der Waals surface area contributed by atoms with Crippen LogP contribution in [0.25, 0.3) is 0 Å². The van der Waals surface area contributed by atoms with Crippen molar-refractivity contribution in [2.45, 2.75) is 13.0 Å². The molecule has 0 spiro atoms. The van der Waals surface area contributed by atoms with Crippen molar-refractivity contribution in [2.75, 3.05) is 30.9 Å². The predicted octanol–water partition coefficient (Wildman–Crippen LogP) is 4.55. The van der Waals surface area contributed by atoms with E-state index in [4.69, 9.17) is 14.7 Å². The highest BCUT2D eigenvalue weighted by atomic mass is 16.6. The molecule has 0 fully saturated rings. The summed E-state index contributed by atoms with van der Waals surface area (Å²) in [5.74, 6) is 0.162. The van der Waals surface area contributed by atoms with Gasteiger partial charge in [-0.15, -0.1) is 0 Å². The fraction of sp³-hybridized carbons (Fsp3) is 0.200. The van der Waals surface area contributed by atoms with Gasteiger partial charge in [-0.05, 0) is 35.9 Å². The van der Waals surface area contributed by atoms with Crippen LogP contribution in [0.4, 0.5) is 17.1 Å². The van der Waals surface area contributed by atoms with Gasteiger partial charge in [-0.25, -0.2) is 0 Å². The minimum absolute atomic E-state index is 0.160. The van der Waals surface area contributed by atoms with Crippen LogP contribution in [0.3, 0.4) is 0 Å². The average Bonchev–Trinajstić information content (AvgIpc) is 2.84. The van der Waals surface area contributed by atoms with E-state index >= 15 is 0 Å². The first kappa shape index (κ1) is 24.2. The van der Waals surface area contributed by atoms with Crippen molar-refractivity contribution >= 4 is 23.0 Å². The Bertz CT molecular complexity index is 1190. The first-order valence-corrected chi connectivity index (χ1v) is 10.5. The van der Waals surface area contributed by atoms with Crippen LogP contribution in [0.15, 0.2) is 66.7 Å². The van der Waals surface area contributed by atoms with Crippen molar-refractivity contribution in [2.24, 2.45) is 0 Å². The number of benzene rings is 3. The van der Waals surface area contributed by atoms with Crippen molar-refractivity contribution in [1.29, 1.82) is 5.26 Å². The SMILES string of the molecule is COCCNc1ccc(C(=O)Nc2ccccc2COc2ccc(CC#N)cc2)cc1[N+](=O)[O-]. The van der Waals surface area contributed by atoms with E-state index in [2.05, 4.69) is 16.7 Å². The average molecular weight is 460 g/mol. The first-order chi connectivity index (χ1) is 16.5. The van der Waals surface area contributed by atoms with Gasteiger partial charge in [-0.3, -0.25) is 14.9 Å². The Balaban J connectivity index is 1.71. The van der Waals surface area contributed by atoms with E-state index in [0.29, 0.717) is 36.7 Å². The number of amides is 1. The van der Waals surface area contributed by atoms with Gasteiger partial charge in [0.05, 0.1) is 24.0 Å². The third kappa shape index (κ3) is 6.54. The number of hydrogen-bond acceptors (Lipinski definition) is 7. The van der Waals surface area contributed by atoms with E-state index in [-0.39, 0.29) is 17.9 Å². The van der Waals surface area contributed by atoms with Crippen LogP contribution in [0.5, 0.6) is 5.75 Å². The minimum Gasteiger partial charge on any atom is -0.489 e. The fourth-order valence-electron chi connectivity index (χ4n) is 3.18. The maximum absolute atomic E-state index is 12.8. The Hall–Kier alpha value is -4.42. The van der Waals surface area contributed by atoms with Crippen molar-refractivity contribution in [3.05, 3.63) is 93.5 Å². The topological polar surface area (TPSA) is 127 Å². The molecule has 34 heavy (non-hydrogen) atoms. The summed E-state index contributed by atoms with van der Waals surface area (Å²) in [6.07, 6.45) is 0.331. The van der Waals surface area contributed by atoms with Crippen LogP contribution in [-0.4, -0.2) is 31.1 Å². The Morgan fingerprint density at radius 3 is 2.56 bits per heavy atom. The van der Waals surface area contributed by atoms with E-state index in [1.807, 2.05) is 24.3 Å². The van der Waals surface area contributed by atoms with E-state index in [1.54, 1.807) is 31.4 Å². The Labute approximate surface area is 197 Å². The van der Waals surface area contributed by atoms with Gasteiger partial charge in [0.15, 0.2) is 0 Å². The summed E-state index contributed by atoms with van der Waals surface area (Å²) in [5.41, 5.74) is 2.46. The number of carbonyl (C=O) groups is 1. The molecule has 9 heteroatoms. The molecule has 0 saturated carbocycles. The summed E-state index contributed by atoms with van der Waals surface area (Å²) in [4.78, 5) is 23.8. The molecule has 3 rings (SSSR count). The van der Waals surface area contributed by atoms with Gasteiger partial charge < -0.3 is 20.1 Å². The molecular weight excluding hydrogens is 436 g/mol. The second-order valence-corrected chi connectivity index (χ2v) is 7.29. The highest BCUT2D eigenvalue weighted by Crippen LogP contribution is 2.26.